The van der Waals surface area contributed by atoms with Crippen LogP contribution in [-0.4, -0.2) is 17.7 Å². The minimum Gasteiger partial charge on any atom is -0.360 e. The minimum absolute atomic E-state index is 0.474. The summed E-state index contributed by atoms with van der Waals surface area (Å²) in [6.45, 7) is 0.638. The molecule has 2 rings (SSSR count). The van der Waals surface area contributed by atoms with Gasteiger partial charge in [0.1, 0.15) is 0 Å². The van der Waals surface area contributed by atoms with E-state index in [2.05, 4.69) is 11.4 Å². The molecule has 0 saturated heterocycles. The Morgan fingerprint density at radius 3 is 2.71 bits per heavy atom. The van der Waals surface area contributed by atoms with Gasteiger partial charge >= 0.3 is 0 Å². The lowest BCUT2D eigenvalue weighted by atomic mass is 10.3. The van der Waals surface area contributed by atoms with Gasteiger partial charge < -0.3 is 10.2 Å². The molecule has 0 unspecified atom stereocenters. The Hall–Kier alpha value is -1.60. The molecule has 0 amide bonds. The van der Waals surface area contributed by atoms with Gasteiger partial charge in [-0.3, -0.25) is 0 Å². The van der Waals surface area contributed by atoms with Crippen molar-refractivity contribution in [3.05, 3.63) is 30.3 Å². The van der Waals surface area contributed by atoms with Crippen LogP contribution in [0.2, 0.25) is 0 Å². The first kappa shape index (κ1) is 11.9. The Morgan fingerprint density at radius 2 is 2.12 bits per heavy atom. The van der Waals surface area contributed by atoms with Crippen molar-refractivity contribution in [2.45, 2.75) is 25.3 Å². The topological polar surface area (TPSA) is 39.1 Å². The predicted octanol–water partition coefficient (Wildman–Crippen LogP) is 2.44. The molecular formula is C13H15N3S. The number of hydrogen-bond donors (Lipinski definition) is 1. The van der Waals surface area contributed by atoms with Gasteiger partial charge in [0.25, 0.3) is 0 Å². The number of thiocarbonyl (C=S) groups is 1. The molecule has 1 aromatic rings. The van der Waals surface area contributed by atoms with E-state index in [0.717, 1.165) is 10.8 Å². The smallest absolute Gasteiger partial charge is 0.173 e. The van der Waals surface area contributed by atoms with Gasteiger partial charge in [0, 0.05) is 18.3 Å². The highest BCUT2D eigenvalue weighted by atomic mass is 32.1. The van der Waals surface area contributed by atoms with Crippen molar-refractivity contribution in [1.29, 1.82) is 5.26 Å². The van der Waals surface area contributed by atoms with Crippen molar-refractivity contribution in [1.82, 2.24) is 5.32 Å². The van der Waals surface area contributed by atoms with Gasteiger partial charge in [-0.25, -0.2) is 0 Å². The van der Waals surface area contributed by atoms with E-state index in [-0.39, 0.29) is 0 Å². The SMILES string of the molecule is N#CCCN(C(=S)NC1CC1)c1ccccc1. The summed E-state index contributed by atoms with van der Waals surface area (Å²) in [5, 5.41) is 12.7. The average molecular weight is 245 g/mol. The molecule has 1 fully saturated rings. The maximum absolute atomic E-state index is 8.70. The van der Waals surface area contributed by atoms with E-state index in [4.69, 9.17) is 17.5 Å². The van der Waals surface area contributed by atoms with Crippen LogP contribution in [-0.2, 0) is 0 Å². The molecule has 0 heterocycles. The van der Waals surface area contributed by atoms with Crippen LogP contribution in [0.3, 0.4) is 0 Å². The third-order valence-corrected chi connectivity index (χ3v) is 3.00. The fourth-order valence-electron chi connectivity index (χ4n) is 1.60. The van der Waals surface area contributed by atoms with Crippen LogP contribution in [0.1, 0.15) is 19.3 Å². The number of anilines is 1. The van der Waals surface area contributed by atoms with Crippen LogP contribution >= 0.6 is 12.2 Å². The largest absolute Gasteiger partial charge is 0.360 e. The number of hydrogen-bond acceptors (Lipinski definition) is 2. The van der Waals surface area contributed by atoms with Gasteiger partial charge in [0.05, 0.1) is 12.5 Å². The summed E-state index contributed by atoms with van der Waals surface area (Å²) in [5.74, 6) is 0. The van der Waals surface area contributed by atoms with Crippen molar-refractivity contribution in [2.75, 3.05) is 11.4 Å². The Labute approximate surface area is 107 Å². The van der Waals surface area contributed by atoms with Gasteiger partial charge in [-0.15, -0.1) is 0 Å². The summed E-state index contributed by atoms with van der Waals surface area (Å²) >= 11 is 5.39. The maximum atomic E-state index is 8.70. The number of rotatable bonds is 4. The van der Waals surface area contributed by atoms with E-state index in [1.807, 2.05) is 35.2 Å². The zero-order valence-corrected chi connectivity index (χ0v) is 10.4. The highest BCUT2D eigenvalue weighted by Gasteiger charge is 2.24. The second-order valence-corrected chi connectivity index (χ2v) is 4.51. The molecule has 0 aromatic heterocycles. The molecule has 1 saturated carbocycles. The van der Waals surface area contributed by atoms with Gasteiger partial charge in [0.2, 0.25) is 0 Å². The molecule has 1 aromatic carbocycles. The number of nitrogens with zero attached hydrogens (tertiary/aromatic N) is 2. The third kappa shape index (κ3) is 3.43. The lowest BCUT2D eigenvalue weighted by Gasteiger charge is -2.25. The molecule has 17 heavy (non-hydrogen) atoms. The molecule has 1 aliphatic rings. The summed E-state index contributed by atoms with van der Waals surface area (Å²) in [6.07, 6.45) is 2.86. The molecule has 0 aliphatic heterocycles. The van der Waals surface area contributed by atoms with Crippen molar-refractivity contribution >= 4 is 23.0 Å². The number of para-hydroxylation sites is 1. The van der Waals surface area contributed by atoms with Crippen molar-refractivity contribution < 1.29 is 0 Å². The van der Waals surface area contributed by atoms with E-state index >= 15 is 0 Å². The van der Waals surface area contributed by atoms with Crippen molar-refractivity contribution in [3.63, 3.8) is 0 Å². The second-order valence-electron chi connectivity index (χ2n) is 4.12. The zero-order chi connectivity index (χ0) is 12.1. The van der Waals surface area contributed by atoms with E-state index < -0.39 is 0 Å². The summed E-state index contributed by atoms with van der Waals surface area (Å²) in [5.41, 5.74) is 1.04. The van der Waals surface area contributed by atoms with Crippen LogP contribution in [0.25, 0.3) is 0 Å². The Kier molecular flexibility index (Phi) is 3.94. The Bertz CT molecular complexity index is 420. The average Bonchev–Trinajstić information content (AvgIpc) is 3.15. The predicted molar refractivity (Wildman–Crippen MR) is 72.8 cm³/mol. The minimum atomic E-state index is 0.474. The van der Waals surface area contributed by atoms with Gasteiger partial charge in [-0.05, 0) is 37.2 Å². The molecule has 1 N–H and O–H groups in total. The highest BCUT2D eigenvalue weighted by molar-refractivity contribution is 7.80. The highest BCUT2D eigenvalue weighted by Crippen LogP contribution is 2.21. The first-order chi connectivity index (χ1) is 8.31. The van der Waals surface area contributed by atoms with Crippen LogP contribution < -0.4 is 10.2 Å². The lowest BCUT2D eigenvalue weighted by molar-refractivity contribution is 0.869. The van der Waals surface area contributed by atoms with E-state index in [1.165, 1.54) is 12.8 Å². The summed E-state index contributed by atoms with van der Waals surface area (Å²) in [4.78, 5) is 2.00. The van der Waals surface area contributed by atoms with Crippen LogP contribution in [0, 0.1) is 11.3 Å². The molecule has 3 nitrogen and oxygen atoms in total. The lowest BCUT2D eigenvalue weighted by Crippen LogP contribution is -2.41. The summed E-state index contributed by atoms with van der Waals surface area (Å²) in [6, 6.07) is 12.7. The van der Waals surface area contributed by atoms with Gasteiger partial charge in [-0.2, -0.15) is 5.26 Å². The van der Waals surface area contributed by atoms with E-state index in [0.29, 0.717) is 19.0 Å². The second kappa shape index (κ2) is 5.65. The monoisotopic (exact) mass is 245 g/mol. The molecule has 88 valence electrons. The molecule has 1 aliphatic carbocycles. The zero-order valence-electron chi connectivity index (χ0n) is 9.60. The third-order valence-electron chi connectivity index (χ3n) is 2.67. The van der Waals surface area contributed by atoms with Gasteiger partial charge in [-0.1, -0.05) is 18.2 Å². The quantitative estimate of drug-likeness (QED) is 0.827. The fourth-order valence-corrected chi connectivity index (χ4v) is 1.96. The molecule has 0 spiro atoms. The van der Waals surface area contributed by atoms with Crippen LogP contribution in [0.5, 0.6) is 0 Å². The summed E-state index contributed by atoms with van der Waals surface area (Å²) < 4.78 is 0. The number of nitrogens with one attached hydrogen (secondary N) is 1. The number of nitriles is 1. The Balaban J connectivity index is 2.06. The van der Waals surface area contributed by atoms with Crippen LogP contribution in [0.15, 0.2) is 30.3 Å². The molecular weight excluding hydrogens is 230 g/mol. The fraction of sp³-hybridized carbons (Fsp3) is 0.385. The molecule has 0 bridgehead atoms. The summed E-state index contributed by atoms with van der Waals surface area (Å²) in [7, 11) is 0. The molecule has 4 heteroatoms. The van der Waals surface area contributed by atoms with Gasteiger partial charge in [0.15, 0.2) is 5.11 Å². The normalized spacial score (nSPS) is 13.8. The first-order valence-electron chi connectivity index (χ1n) is 5.81. The van der Waals surface area contributed by atoms with Crippen molar-refractivity contribution in [3.8, 4) is 6.07 Å². The first-order valence-corrected chi connectivity index (χ1v) is 6.22. The molecule has 0 atom stereocenters. The van der Waals surface area contributed by atoms with E-state index in [9.17, 15) is 0 Å². The number of benzene rings is 1. The van der Waals surface area contributed by atoms with Crippen LogP contribution in [0.4, 0.5) is 5.69 Å². The molecule has 0 radical (unpaired) electrons. The standard InChI is InChI=1S/C13H15N3S/c14-9-4-10-16(12-5-2-1-3-6-12)13(17)15-11-7-8-11/h1-3,5-6,11H,4,7-8,10H2,(H,15,17). The maximum Gasteiger partial charge on any atom is 0.173 e. The van der Waals surface area contributed by atoms with E-state index in [1.54, 1.807) is 0 Å². The van der Waals surface area contributed by atoms with Crippen molar-refractivity contribution in [2.24, 2.45) is 0 Å². The Morgan fingerprint density at radius 1 is 1.41 bits per heavy atom.